The number of allylic oxidation sites excluding steroid dienone is 2. The minimum Gasteiger partial charge on any atom is -0.491 e. The van der Waals surface area contributed by atoms with Gasteiger partial charge in [0.25, 0.3) is 0 Å². The first kappa shape index (κ1) is 50.8. The summed E-state index contributed by atoms with van der Waals surface area (Å²) in [6, 6.07) is 4.12. The highest BCUT2D eigenvalue weighted by molar-refractivity contribution is 5.82. The van der Waals surface area contributed by atoms with Crippen LogP contribution in [0, 0.1) is 0 Å². The second kappa shape index (κ2) is 36.1. The lowest BCUT2D eigenvalue weighted by atomic mass is 10.0. The molecule has 0 spiro atoms. The van der Waals surface area contributed by atoms with Gasteiger partial charge in [-0.1, -0.05) is 89.0 Å². The van der Waals surface area contributed by atoms with Gasteiger partial charge in [-0.2, -0.15) is 13.2 Å². The Labute approximate surface area is 329 Å². The molecule has 55 heavy (non-hydrogen) atoms. The number of carbonyl (C=O) groups is 1. The van der Waals surface area contributed by atoms with Gasteiger partial charge in [-0.15, -0.1) is 0 Å². The minimum absolute atomic E-state index is 0.0765. The summed E-state index contributed by atoms with van der Waals surface area (Å²) in [6.45, 7) is 6.89. The first-order chi connectivity index (χ1) is 26.8. The summed E-state index contributed by atoms with van der Waals surface area (Å²) in [6.07, 6.45) is 13.9. The Morgan fingerprint density at radius 2 is 1.15 bits per heavy atom. The zero-order valence-corrected chi connectivity index (χ0v) is 34.1. The number of alkyl halides is 3. The maximum atomic E-state index is 14.3. The number of methoxy groups -OCH3 is 2. The number of hydrogen-bond acceptors (Lipinski definition) is 9. The van der Waals surface area contributed by atoms with Crippen LogP contribution in [0.2, 0.25) is 0 Å². The lowest BCUT2D eigenvalue weighted by molar-refractivity contribution is -0.160. The molecular formula is C42H73F3N2O8. The third-order valence-corrected chi connectivity index (χ3v) is 8.88. The van der Waals surface area contributed by atoms with Crippen LogP contribution in [0.15, 0.2) is 36.4 Å². The molecule has 1 aromatic carbocycles. The fraction of sp³-hybridized carbons (Fsp3) is 0.786. The van der Waals surface area contributed by atoms with Crippen LogP contribution in [0.4, 0.5) is 13.2 Å². The van der Waals surface area contributed by atoms with Crippen LogP contribution in [0.5, 0.6) is 5.75 Å². The van der Waals surface area contributed by atoms with Crippen molar-refractivity contribution in [2.75, 3.05) is 93.4 Å². The normalized spacial score (nSPS) is 13.1. The molecule has 1 aromatic rings. The maximum absolute atomic E-state index is 14.3. The van der Waals surface area contributed by atoms with Gasteiger partial charge in [-0.25, -0.2) is 0 Å². The zero-order valence-electron chi connectivity index (χ0n) is 34.1. The summed E-state index contributed by atoms with van der Waals surface area (Å²) >= 11 is 0. The molecule has 0 aromatic heterocycles. The number of unbranched alkanes of at least 4 members (excludes halogenated alkanes) is 11. The zero-order chi connectivity index (χ0) is 40.1. The smallest absolute Gasteiger partial charge is 0.403 e. The summed E-state index contributed by atoms with van der Waals surface area (Å²) in [5.74, 6) is 0.0865. The highest BCUT2D eigenvalue weighted by Gasteiger charge is 2.41. The highest BCUT2D eigenvalue weighted by atomic mass is 19.4. The second-order valence-electron chi connectivity index (χ2n) is 13.6. The molecule has 2 atom stereocenters. The molecule has 0 fully saturated rings. The van der Waals surface area contributed by atoms with E-state index in [1.807, 2.05) is 0 Å². The molecule has 13 heteroatoms. The molecule has 0 heterocycles. The first-order valence-electron chi connectivity index (χ1n) is 20.6. The molecular weight excluding hydrogens is 717 g/mol. The molecule has 0 bridgehead atoms. The average Bonchev–Trinajstić information content (AvgIpc) is 3.17. The van der Waals surface area contributed by atoms with Gasteiger partial charge in [0, 0.05) is 20.8 Å². The molecule has 320 valence electrons. The minimum atomic E-state index is -4.50. The van der Waals surface area contributed by atoms with E-state index in [1.165, 1.54) is 25.7 Å². The van der Waals surface area contributed by atoms with Crippen LogP contribution in [-0.4, -0.2) is 118 Å². The van der Waals surface area contributed by atoms with E-state index in [1.54, 1.807) is 38.5 Å². The quantitative estimate of drug-likeness (QED) is 0.0507. The van der Waals surface area contributed by atoms with Gasteiger partial charge < -0.3 is 38.5 Å². The topological polar surface area (TPSA) is 106 Å². The van der Waals surface area contributed by atoms with Crippen molar-refractivity contribution in [1.29, 1.82) is 0 Å². The molecule has 1 rings (SSSR count). The molecule has 1 amide bonds. The summed E-state index contributed by atoms with van der Waals surface area (Å²) in [4.78, 5) is 13.3. The van der Waals surface area contributed by atoms with Gasteiger partial charge in [0.2, 0.25) is 5.91 Å². The van der Waals surface area contributed by atoms with E-state index in [0.717, 1.165) is 51.4 Å². The number of amides is 1. The van der Waals surface area contributed by atoms with E-state index >= 15 is 0 Å². The summed E-state index contributed by atoms with van der Waals surface area (Å²) in [7, 11) is 3.21. The predicted molar refractivity (Wildman–Crippen MR) is 212 cm³/mol. The van der Waals surface area contributed by atoms with Crippen molar-refractivity contribution in [3.05, 3.63) is 42.0 Å². The molecule has 10 nitrogen and oxygen atoms in total. The molecule has 0 saturated carbocycles. The fourth-order valence-corrected chi connectivity index (χ4v) is 5.70. The Morgan fingerprint density at radius 1 is 0.655 bits per heavy atom. The summed E-state index contributed by atoms with van der Waals surface area (Å²) in [5.41, 5.74) is 0.706. The van der Waals surface area contributed by atoms with E-state index in [4.69, 9.17) is 33.2 Å². The van der Waals surface area contributed by atoms with Crippen LogP contribution >= 0.6 is 0 Å². The van der Waals surface area contributed by atoms with Crippen LogP contribution in [0.25, 0.3) is 0 Å². The number of rotatable bonds is 39. The van der Waals surface area contributed by atoms with E-state index in [9.17, 15) is 18.0 Å². The van der Waals surface area contributed by atoms with Crippen LogP contribution in [-0.2, 0) is 39.6 Å². The van der Waals surface area contributed by atoms with Crippen molar-refractivity contribution in [1.82, 2.24) is 10.6 Å². The Bertz CT molecular complexity index is 1030. The van der Waals surface area contributed by atoms with E-state index < -0.39 is 24.2 Å². The molecule has 0 saturated heterocycles. The highest BCUT2D eigenvalue weighted by Crippen LogP contribution is 2.26. The number of halogens is 3. The first-order valence-corrected chi connectivity index (χ1v) is 20.6. The van der Waals surface area contributed by atoms with Crippen LogP contribution in [0.1, 0.15) is 102 Å². The Morgan fingerprint density at radius 3 is 1.69 bits per heavy atom. The molecule has 2 unspecified atom stereocenters. The number of hydrogen-bond donors (Lipinski definition) is 2. The second-order valence-corrected chi connectivity index (χ2v) is 13.6. The lowest BCUT2D eigenvalue weighted by Gasteiger charge is -2.27. The standard InChI is InChI=1S/C42H73F3N2O8/c1-4-5-6-7-8-9-10-11-12-13-14-15-16-17-18-19-40(42(43,44)45)47-39(41(48)46-24-25-51-30-31-52-28-26-49-2)36-37-20-22-38(23-21-37)55-35-34-54-33-32-53-29-27-50-3/h9-10,20-23,39-40,47H,4-8,11-19,24-36H2,1-3H3,(H,46,48)/b10-9+. The van der Waals surface area contributed by atoms with Crippen molar-refractivity contribution in [3.8, 4) is 5.75 Å². The Kier molecular flexibility index (Phi) is 33.3. The number of carbonyl (C=O) groups excluding carboxylic acids is 1. The lowest BCUT2D eigenvalue weighted by Crippen LogP contribution is -2.54. The summed E-state index contributed by atoms with van der Waals surface area (Å²) in [5, 5.41) is 5.43. The third kappa shape index (κ3) is 30.5. The van der Waals surface area contributed by atoms with Gasteiger partial charge >= 0.3 is 6.18 Å². The van der Waals surface area contributed by atoms with Crippen molar-refractivity contribution >= 4 is 5.91 Å². The van der Waals surface area contributed by atoms with Crippen LogP contribution in [0.3, 0.4) is 0 Å². The van der Waals surface area contributed by atoms with Crippen LogP contribution < -0.4 is 15.4 Å². The Hall–Kier alpha value is -2.26. The molecule has 2 N–H and O–H groups in total. The maximum Gasteiger partial charge on any atom is 0.403 e. The number of ether oxygens (including phenoxy) is 7. The molecule has 0 radical (unpaired) electrons. The van der Waals surface area contributed by atoms with Gasteiger partial charge in [0.15, 0.2) is 0 Å². The number of nitrogens with one attached hydrogen (secondary N) is 2. The largest absolute Gasteiger partial charge is 0.491 e. The van der Waals surface area contributed by atoms with Crippen molar-refractivity contribution < 1.29 is 51.1 Å². The third-order valence-electron chi connectivity index (χ3n) is 8.88. The van der Waals surface area contributed by atoms with E-state index in [-0.39, 0.29) is 26.0 Å². The van der Waals surface area contributed by atoms with E-state index in [2.05, 4.69) is 29.7 Å². The predicted octanol–water partition coefficient (Wildman–Crippen LogP) is 8.01. The SMILES string of the molecule is CCCCCC/C=C/CCCCCCCCCC(NC(Cc1ccc(OCCOCCOCCOC)cc1)C(=O)NCCOCCOCCOC)C(F)(F)F. The van der Waals surface area contributed by atoms with Gasteiger partial charge in [-0.05, 0) is 56.2 Å². The van der Waals surface area contributed by atoms with Crippen molar-refractivity contribution in [2.24, 2.45) is 0 Å². The Balaban J connectivity index is 2.60. The van der Waals surface area contributed by atoms with Gasteiger partial charge in [0.05, 0.1) is 72.1 Å². The van der Waals surface area contributed by atoms with Gasteiger partial charge in [-0.3, -0.25) is 10.1 Å². The fourth-order valence-electron chi connectivity index (χ4n) is 5.70. The molecule has 0 aliphatic heterocycles. The van der Waals surface area contributed by atoms with E-state index in [0.29, 0.717) is 83.8 Å². The average molecular weight is 791 g/mol. The monoisotopic (exact) mass is 791 g/mol. The van der Waals surface area contributed by atoms with Gasteiger partial charge in [0.1, 0.15) is 18.4 Å². The summed E-state index contributed by atoms with van der Waals surface area (Å²) < 4.78 is 80.2. The van der Waals surface area contributed by atoms with Crippen molar-refractivity contribution in [3.63, 3.8) is 0 Å². The van der Waals surface area contributed by atoms with Crippen molar-refractivity contribution in [2.45, 2.75) is 121 Å². The number of benzene rings is 1. The molecule has 0 aliphatic rings. The molecule has 0 aliphatic carbocycles.